The molecular formula is C10H11ClN2. The number of anilines is 1. The van der Waals surface area contributed by atoms with E-state index in [1.54, 1.807) is 18.2 Å². The van der Waals surface area contributed by atoms with Crippen molar-refractivity contribution in [1.82, 2.24) is 0 Å². The molecule has 0 aliphatic carbocycles. The third-order valence-corrected chi connectivity index (χ3v) is 1.86. The highest BCUT2D eigenvalue weighted by molar-refractivity contribution is 6.34. The van der Waals surface area contributed by atoms with E-state index in [4.69, 9.17) is 18.2 Å². The van der Waals surface area contributed by atoms with Crippen LogP contribution in [-0.2, 0) is 0 Å². The molecule has 0 saturated carbocycles. The van der Waals surface area contributed by atoms with Gasteiger partial charge in [-0.25, -0.2) is 4.85 Å². The predicted molar refractivity (Wildman–Crippen MR) is 56.5 cm³/mol. The maximum Gasteiger partial charge on any atom is 0.211 e. The number of nitrogens with zero attached hydrogens (tertiary/aromatic N) is 1. The predicted octanol–water partition coefficient (Wildman–Crippen LogP) is 3.71. The minimum Gasteiger partial charge on any atom is -0.390 e. The van der Waals surface area contributed by atoms with Gasteiger partial charge in [-0.1, -0.05) is 23.7 Å². The van der Waals surface area contributed by atoms with Gasteiger partial charge in [0.05, 0.1) is 17.3 Å². The van der Waals surface area contributed by atoms with Crippen LogP contribution in [0.1, 0.15) is 13.8 Å². The molecule has 2 nitrogen and oxygen atoms in total. The molecule has 0 fully saturated rings. The zero-order valence-corrected chi connectivity index (χ0v) is 8.39. The van der Waals surface area contributed by atoms with E-state index in [0.29, 0.717) is 10.7 Å². The SMILES string of the molecule is [C-]#[N+]c1cccc(Cl)c1NC(C)C. The Hall–Kier alpha value is -1.20. The fourth-order valence-corrected chi connectivity index (χ4v) is 1.26. The van der Waals surface area contributed by atoms with Crippen molar-refractivity contribution in [1.29, 1.82) is 0 Å². The van der Waals surface area contributed by atoms with Crippen LogP contribution >= 0.6 is 11.6 Å². The molecule has 0 radical (unpaired) electrons. The molecule has 1 N–H and O–H groups in total. The number of benzene rings is 1. The van der Waals surface area contributed by atoms with Crippen LogP contribution < -0.4 is 5.32 Å². The second-order valence-electron chi connectivity index (χ2n) is 3.04. The Bertz CT molecular complexity index is 339. The molecule has 0 aliphatic rings. The molecule has 0 aromatic heterocycles. The quantitative estimate of drug-likeness (QED) is 0.710. The van der Waals surface area contributed by atoms with Gasteiger partial charge in [-0.2, -0.15) is 0 Å². The van der Waals surface area contributed by atoms with Crippen LogP contribution in [0.4, 0.5) is 11.4 Å². The first kappa shape index (κ1) is 9.88. The van der Waals surface area contributed by atoms with E-state index in [2.05, 4.69) is 10.2 Å². The van der Waals surface area contributed by atoms with Crippen LogP contribution in [0.25, 0.3) is 4.85 Å². The first-order valence-corrected chi connectivity index (χ1v) is 4.45. The lowest BCUT2D eigenvalue weighted by Crippen LogP contribution is -2.09. The molecule has 0 aliphatic heterocycles. The number of rotatable bonds is 2. The molecule has 0 heterocycles. The molecule has 0 unspecified atom stereocenters. The lowest BCUT2D eigenvalue weighted by atomic mass is 10.2. The molecule has 1 aromatic rings. The molecule has 1 aromatic carbocycles. The van der Waals surface area contributed by atoms with Crippen molar-refractivity contribution >= 4 is 23.0 Å². The Balaban J connectivity index is 3.10. The van der Waals surface area contributed by atoms with Crippen LogP contribution in [0.2, 0.25) is 5.02 Å². The summed E-state index contributed by atoms with van der Waals surface area (Å²) >= 11 is 5.95. The van der Waals surface area contributed by atoms with Crippen LogP contribution in [0, 0.1) is 6.57 Å². The molecule has 0 saturated heterocycles. The van der Waals surface area contributed by atoms with Gasteiger partial charge in [-0.05, 0) is 19.9 Å². The number of hydrogen-bond acceptors (Lipinski definition) is 1. The van der Waals surface area contributed by atoms with Crippen molar-refractivity contribution < 1.29 is 0 Å². The Morgan fingerprint density at radius 1 is 1.46 bits per heavy atom. The van der Waals surface area contributed by atoms with Gasteiger partial charge in [0.25, 0.3) is 0 Å². The summed E-state index contributed by atoms with van der Waals surface area (Å²) in [6.45, 7) is 11.0. The van der Waals surface area contributed by atoms with Crippen molar-refractivity contribution in [2.75, 3.05) is 5.32 Å². The molecular weight excluding hydrogens is 184 g/mol. The Labute approximate surface area is 83.3 Å². The van der Waals surface area contributed by atoms with Crippen molar-refractivity contribution in [2.24, 2.45) is 0 Å². The lowest BCUT2D eigenvalue weighted by molar-refractivity contribution is 0.901. The Kier molecular flexibility index (Phi) is 3.16. The van der Waals surface area contributed by atoms with E-state index in [9.17, 15) is 0 Å². The van der Waals surface area contributed by atoms with Crippen molar-refractivity contribution in [3.05, 3.63) is 34.6 Å². The Morgan fingerprint density at radius 2 is 2.15 bits per heavy atom. The molecule has 1 rings (SSSR count). The standard InChI is InChI=1S/C10H11ClN2/c1-7(2)13-10-8(11)5-4-6-9(10)12-3/h4-7,13H,1-2H3. The van der Waals surface area contributed by atoms with E-state index in [-0.39, 0.29) is 6.04 Å². The third-order valence-electron chi connectivity index (χ3n) is 1.55. The average molecular weight is 195 g/mol. The van der Waals surface area contributed by atoms with Crippen LogP contribution in [0.3, 0.4) is 0 Å². The van der Waals surface area contributed by atoms with Gasteiger partial charge in [0, 0.05) is 6.04 Å². The van der Waals surface area contributed by atoms with Gasteiger partial charge in [0.1, 0.15) is 0 Å². The zero-order valence-electron chi connectivity index (χ0n) is 7.63. The van der Waals surface area contributed by atoms with Crippen molar-refractivity contribution in [2.45, 2.75) is 19.9 Å². The second-order valence-corrected chi connectivity index (χ2v) is 3.45. The molecule has 0 bridgehead atoms. The molecule has 68 valence electrons. The lowest BCUT2D eigenvalue weighted by Gasteiger charge is -2.12. The minimum absolute atomic E-state index is 0.278. The highest BCUT2D eigenvalue weighted by atomic mass is 35.5. The van der Waals surface area contributed by atoms with E-state index < -0.39 is 0 Å². The van der Waals surface area contributed by atoms with Crippen LogP contribution in [0.5, 0.6) is 0 Å². The average Bonchev–Trinajstić information content (AvgIpc) is 2.08. The third kappa shape index (κ3) is 2.37. The first-order valence-electron chi connectivity index (χ1n) is 4.07. The topological polar surface area (TPSA) is 16.4 Å². The van der Waals surface area contributed by atoms with Gasteiger partial charge in [0.15, 0.2) is 0 Å². The molecule has 0 atom stereocenters. The number of nitrogens with one attached hydrogen (secondary N) is 1. The van der Waals surface area contributed by atoms with Gasteiger partial charge in [0.2, 0.25) is 5.69 Å². The van der Waals surface area contributed by atoms with E-state index in [0.717, 1.165) is 5.69 Å². The summed E-state index contributed by atoms with van der Waals surface area (Å²) in [5, 5.41) is 3.75. The monoisotopic (exact) mass is 194 g/mol. The molecule has 0 amide bonds. The van der Waals surface area contributed by atoms with E-state index >= 15 is 0 Å². The fourth-order valence-electron chi connectivity index (χ4n) is 1.04. The number of halogens is 1. The summed E-state index contributed by atoms with van der Waals surface area (Å²) in [5.74, 6) is 0. The molecule has 0 spiro atoms. The maximum absolute atomic E-state index is 6.95. The Morgan fingerprint density at radius 3 is 2.69 bits per heavy atom. The highest BCUT2D eigenvalue weighted by Gasteiger charge is 2.06. The fraction of sp³-hybridized carbons (Fsp3) is 0.300. The first-order chi connectivity index (χ1) is 6.15. The van der Waals surface area contributed by atoms with Gasteiger partial charge in [-0.3, -0.25) is 0 Å². The van der Waals surface area contributed by atoms with Gasteiger partial charge < -0.3 is 5.32 Å². The van der Waals surface area contributed by atoms with E-state index in [1.165, 1.54) is 0 Å². The van der Waals surface area contributed by atoms with E-state index in [1.807, 2.05) is 13.8 Å². The number of hydrogen-bond donors (Lipinski definition) is 1. The highest BCUT2D eigenvalue weighted by Crippen LogP contribution is 2.32. The summed E-state index contributed by atoms with van der Waals surface area (Å²) < 4.78 is 0. The summed E-state index contributed by atoms with van der Waals surface area (Å²) in [4.78, 5) is 3.39. The second kappa shape index (κ2) is 4.15. The largest absolute Gasteiger partial charge is 0.390 e. The normalized spacial score (nSPS) is 9.77. The van der Waals surface area contributed by atoms with Crippen molar-refractivity contribution in [3.63, 3.8) is 0 Å². The van der Waals surface area contributed by atoms with Crippen LogP contribution in [0.15, 0.2) is 18.2 Å². The molecule has 13 heavy (non-hydrogen) atoms. The minimum atomic E-state index is 0.278. The summed E-state index contributed by atoms with van der Waals surface area (Å²) in [7, 11) is 0. The summed E-state index contributed by atoms with van der Waals surface area (Å²) in [5.41, 5.74) is 1.30. The van der Waals surface area contributed by atoms with Gasteiger partial charge in [-0.15, -0.1) is 0 Å². The maximum atomic E-state index is 6.95. The van der Waals surface area contributed by atoms with Crippen LogP contribution in [-0.4, -0.2) is 6.04 Å². The number of para-hydroxylation sites is 1. The summed E-state index contributed by atoms with van der Waals surface area (Å²) in [6, 6.07) is 5.59. The van der Waals surface area contributed by atoms with Crippen molar-refractivity contribution in [3.8, 4) is 0 Å². The summed E-state index contributed by atoms with van der Waals surface area (Å²) in [6.07, 6.45) is 0. The zero-order chi connectivity index (χ0) is 9.84. The molecule has 3 heteroatoms. The smallest absolute Gasteiger partial charge is 0.211 e. The van der Waals surface area contributed by atoms with Gasteiger partial charge >= 0.3 is 0 Å².